The van der Waals surface area contributed by atoms with Gasteiger partial charge in [-0.05, 0) is 56.1 Å². The Hall–Kier alpha value is -2.59. The maximum atomic E-state index is 13.6. The first-order valence-corrected chi connectivity index (χ1v) is 11.9. The number of piperidine rings is 1. The van der Waals surface area contributed by atoms with Gasteiger partial charge >= 0.3 is 0 Å². The van der Waals surface area contributed by atoms with Crippen LogP contribution in [0.4, 0.5) is 0 Å². The van der Waals surface area contributed by atoms with Crippen molar-refractivity contribution in [3.05, 3.63) is 69.9 Å². The molecule has 0 spiro atoms. The maximum absolute atomic E-state index is 13.6. The van der Waals surface area contributed by atoms with Crippen LogP contribution in [0.2, 0.25) is 0 Å². The van der Waals surface area contributed by atoms with Crippen LogP contribution in [0.25, 0.3) is 10.9 Å². The van der Waals surface area contributed by atoms with Crippen molar-refractivity contribution in [3.8, 4) is 6.07 Å². The van der Waals surface area contributed by atoms with Gasteiger partial charge in [0.25, 0.3) is 0 Å². The first-order valence-electron chi connectivity index (χ1n) is 11.2. The van der Waals surface area contributed by atoms with Crippen molar-refractivity contribution in [3.63, 3.8) is 0 Å². The second kappa shape index (κ2) is 7.77. The molecule has 0 unspecified atom stereocenters. The smallest absolute Gasteiger partial charge is 0.195 e. The van der Waals surface area contributed by atoms with Crippen LogP contribution in [0.3, 0.4) is 0 Å². The third-order valence-corrected chi connectivity index (χ3v) is 7.87. The first-order chi connectivity index (χ1) is 15.3. The van der Waals surface area contributed by atoms with Gasteiger partial charge < -0.3 is 4.98 Å². The molecule has 1 N–H and O–H groups in total. The molecule has 6 heteroatoms. The van der Waals surface area contributed by atoms with Crippen LogP contribution in [0, 0.1) is 11.3 Å². The number of aromatic nitrogens is 1. The maximum Gasteiger partial charge on any atom is 0.195 e. The fourth-order valence-corrected chi connectivity index (χ4v) is 6.11. The van der Waals surface area contributed by atoms with Crippen molar-refractivity contribution < 1.29 is 4.79 Å². The lowest BCUT2D eigenvalue weighted by Gasteiger charge is -2.35. The quantitative estimate of drug-likeness (QED) is 0.562. The largest absolute Gasteiger partial charge is 0.357 e. The summed E-state index contributed by atoms with van der Waals surface area (Å²) in [6, 6.07) is 14.2. The molecular formula is C26H28N4OS. The van der Waals surface area contributed by atoms with Crippen molar-refractivity contribution in [1.82, 2.24) is 13.6 Å². The number of hydrogen-bond donors (Lipinski definition) is 1. The normalized spacial score (nSPS) is 18.6. The topological polar surface area (TPSA) is 63.1 Å². The summed E-state index contributed by atoms with van der Waals surface area (Å²) in [5, 5.41) is 10.2. The van der Waals surface area contributed by atoms with Gasteiger partial charge in [-0.1, -0.05) is 38.1 Å². The Morgan fingerprint density at radius 3 is 2.59 bits per heavy atom. The van der Waals surface area contributed by atoms with Gasteiger partial charge in [-0.25, -0.2) is 8.61 Å². The summed E-state index contributed by atoms with van der Waals surface area (Å²) in [6.07, 6.45) is 2.26. The van der Waals surface area contributed by atoms with Gasteiger partial charge in [0.05, 0.1) is 17.2 Å². The number of nitrogens with zero attached hydrogens (tertiary/aromatic N) is 3. The number of ketones is 1. The molecule has 3 aromatic rings. The summed E-state index contributed by atoms with van der Waals surface area (Å²) < 4.78 is 4.57. The van der Waals surface area contributed by atoms with Crippen LogP contribution in [0.5, 0.6) is 0 Å². The molecule has 164 valence electrons. The van der Waals surface area contributed by atoms with Crippen molar-refractivity contribution in [2.75, 3.05) is 27.2 Å². The molecule has 2 aliphatic rings. The standard InChI is InChI=1S/C26H28N4OS/c1-26(2)21-14-18(17-9-11-30(12-10-17)32-29(3)4)6-8-19(21)24(31)23-20-7-5-16(15-27)13-22(20)28-25(23)26/h5-8,13-14,17,28H,9-12H2,1-4H3. The van der Waals surface area contributed by atoms with Gasteiger partial charge in [0.1, 0.15) is 0 Å². The number of aromatic amines is 1. The van der Waals surface area contributed by atoms with Crippen molar-refractivity contribution >= 4 is 28.8 Å². The Balaban J connectivity index is 1.51. The number of fused-ring (bicyclic) bond motifs is 4. The highest BCUT2D eigenvalue weighted by atomic mass is 32.2. The second-order valence-corrected chi connectivity index (χ2v) is 11.0. The third-order valence-electron chi connectivity index (χ3n) is 6.95. The minimum Gasteiger partial charge on any atom is -0.357 e. The van der Waals surface area contributed by atoms with Crippen molar-refractivity contribution in [1.29, 1.82) is 5.26 Å². The van der Waals surface area contributed by atoms with E-state index >= 15 is 0 Å². The van der Waals surface area contributed by atoms with Gasteiger partial charge in [0, 0.05) is 52.8 Å². The highest BCUT2D eigenvalue weighted by Crippen LogP contribution is 2.45. The van der Waals surface area contributed by atoms with Crippen LogP contribution < -0.4 is 0 Å². The molecule has 1 aromatic heterocycles. The molecule has 2 heterocycles. The minimum atomic E-state index is -0.318. The zero-order chi connectivity index (χ0) is 22.6. The van der Waals surface area contributed by atoms with E-state index in [1.54, 1.807) is 18.2 Å². The lowest BCUT2D eigenvalue weighted by molar-refractivity contribution is 0.103. The van der Waals surface area contributed by atoms with Crippen LogP contribution in [0.15, 0.2) is 36.4 Å². The Labute approximate surface area is 193 Å². The summed E-state index contributed by atoms with van der Waals surface area (Å²) in [4.78, 5) is 17.0. The molecule has 0 atom stereocenters. The predicted octanol–water partition coefficient (Wildman–Crippen LogP) is 5.21. The molecule has 1 aliphatic carbocycles. The highest BCUT2D eigenvalue weighted by Gasteiger charge is 2.40. The first kappa shape index (κ1) is 21.3. The van der Waals surface area contributed by atoms with E-state index in [9.17, 15) is 10.1 Å². The van der Waals surface area contributed by atoms with E-state index in [-0.39, 0.29) is 11.2 Å². The predicted molar refractivity (Wildman–Crippen MR) is 130 cm³/mol. The Morgan fingerprint density at radius 2 is 1.91 bits per heavy atom. The number of H-pyrrole nitrogens is 1. The molecule has 2 aromatic carbocycles. The van der Waals surface area contributed by atoms with E-state index in [1.807, 2.05) is 18.2 Å². The average Bonchev–Trinajstić information content (AvgIpc) is 3.17. The van der Waals surface area contributed by atoms with Gasteiger partial charge in [-0.2, -0.15) is 5.26 Å². The van der Waals surface area contributed by atoms with E-state index in [4.69, 9.17) is 0 Å². The zero-order valence-electron chi connectivity index (χ0n) is 19.0. The van der Waals surface area contributed by atoms with Crippen LogP contribution >= 0.6 is 12.1 Å². The fraction of sp³-hybridized carbons (Fsp3) is 0.385. The zero-order valence-corrected chi connectivity index (χ0v) is 19.8. The number of rotatable bonds is 3. The molecule has 32 heavy (non-hydrogen) atoms. The second-order valence-electron chi connectivity index (χ2n) is 9.60. The number of nitriles is 1. The Morgan fingerprint density at radius 1 is 1.16 bits per heavy atom. The molecule has 0 saturated carbocycles. The lowest BCUT2D eigenvalue weighted by atomic mass is 9.70. The molecule has 1 aliphatic heterocycles. The van der Waals surface area contributed by atoms with Crippen molar-refractivity contribution in [2.45, 2.75) is 38.0 Å². The van der Waals surface area contributed by atoms with Gasteiger partial charge in [-0.3, -0.25) is 4.79 Å². The SMILES string of the molecule is CN(C)SN1CCC(c2ccc3c(c2)C(C)(C)c2[nH]c4cc(C#N)ccc4c2C3=O)CC1. The number of carbonyl (C=O) groups is 1. The molecule has 5 rings (SSSR count). The van der Waals surface area contributed by atoms with Gasteiger partial charge in [0.15, 0.2) is 5.78 Å². The van der Waals surface area contributed by atoms with E-state index in [1.165, 1.54) is 5.56 Å². The van der Waals surface area contributed by atoms with E-state index in [0.29, 0.717) is 11.5 Å². The van der Waals surface area contributed by atoms with E-state index in [2.05, 4.69) is 59.7 Å². The molecule has 0 bridgehead atoms. The fourth-order valence-electron chi connectivity index (χ4n) is 5.27. The number of benzene rings is 2. The molecule has 0 radical (unpaired) electrons. The summed E-state index contributed by atoms with van der Waals surface area (Å²) >= 11 is 1.79. The average molecular weight is 445 g/mol. The summed E-state index contributed by atoms with van der Waals surface area (Å²) in [6.45, 7) is 6.52. The summed E-state index contributed by atoms with van der Waals surface area (Å²) in [5.41, 5.74) is 6.08. The Bertz CT molecular complexity index is 1260. The highest BCUT2D eigenvalue weighted by molar-refractivity contribution is 7.94. The van der Waals surface area contributed by atoms with Crippen LogP contribution in [-0.4, -0.2) is 46.6 Å². The summed E-state index contributed by atoms with van der Waals surface area (Å²) in [7, 11) is 4.16. The van der Waals surface area contributed by atoms with Crippen molar-refractivity contribution in [2.24, 2.45) is 0 Å². The van der Waals surface area contributed by atoms with E-state index in [0.717, 1.165) is 59.2 Å². The third kappa shape index (κ3) is 3.36. The number of carbonyl (C=O) groups excluding carboxylic acids is 1. The van der Waals surface area contributed by atoms with Gasteiger partial charge in [-0.15, -0.1) is 0 Å². The minimum absolute atomic E-state index is 0.0778. The summed E-state index contributed by atoms with van der Waals surface area (Å²) in [5.74, 6) is 0.599. The molecule has 1 fully saturated rings. The van der Waals surface area contributed by atoms with Gasteiger partial charge in [0.2, 0.25) is 0 Å². The molecular weight excluding hydrogens is 416 g/mol. The van der Waals surface area contributed by atoms with Crippen LogP contribution in [-0.2, 0) is 5.41 Å². The number of nitrogens with one attached hydrogen (secondary N) is 1. The molecule has 0 amide bonds. The molecule has 5 nitrogen and oxygen atoms in total. The lowest BCUT2D eigenvalue weighted by Crippen LogP contribution is -2.32. The van der Waals surface area contributed by atoms with E-state index < -0.39 is 0 Å². The monoisotopic (exact) mass is 444 g/mol. The number of hydrogen-bond acceptors (Lipinski definition) is 5. The molecule has 1 saturated heterocycles. The Kier molecular flexibility index (Phi) is 5.16. The van der Waals surface area contributed by atoms with Crippen LogP contribution in [0.1, 0.15) is 70.9 Å².